The summed E-state index contributed by atoms with van der Waals surface area (Å²) in [5.41, 5.74) is 0. The first kappa shape index (κ1) is 12.7. The average molecular weight is 244 g/mol. The first-order valence-corrected chi connectivity index (χ1v) is 6.55. The van der Waals surface area contributed by atoms with Gasteiger partial charge in [-0.1, -0.05) is 25.8 Å². The number of pyridine rings is 1. The van der Waals surface area contributed by atoms with Gasteiger partial charge < -0.3 is 10.4 Å². The molecule has 0 radical (unpaired) electrons. The third-order valence-corrected chi connectivity index (χ3v) is 3.12. The zero-order valence-corrected chi connectivity index (χ0v) is 11.0. The molecule has 2 aromatic rings. The Balaban J connectivity index is 2.24. The first-order valence-electron chi connectivity index (χ1n) is 6.55. The maximum Gasteiger partial charge on any atom is 0.134 e. The minimum absolute atomic E-state index is 0.278. The summed E-state index contributed by atoms with van der Waals surface area (Å²) in [6.07, 6.45) is 5.35. The number of rotatable bonds is 5. The molecule has 1 aromatic carbocycles. The number of phenols is 1. The molecule has 1 aromatic heterocycles. The Morgan fingerprint density at radius 1 is 1.33 bits per heavy atom. The maximum absolute atomic E-state index is 9.57. The van der Waals surface area contributed by atoms with E-state index in [1.165, 1.54) is 12.8 Å². The highest BCUT2D eigenvalue weighted by Gasteiger charge is 2.06. The lowest BCUT2D eigenvalue weighted by atomic mass is 10.1. The van der Waals surface area contributed by atoms with Gasteiger partial charge >= 0.3 is 0 Å². The van der Waals surface area contributed by atoms with Crippen LogP contribution in [0.15, 0.2) is 30.5 Å². The van der Waals surface area contributed by atoms with Crippen LogP contribution in [0.5, 0.6) is 5.75 Å². The summed E-state index contributed by atoms with van der Waals surface area (Å²) in [4.78, 5) is 4.37. The number of phenolic OH excluding ortho intramolecular Hbond substituents is 1. The minimum atomic E-state index is 0.278. The Bertz CT molecular complexity index is 525. The second-order valence-corrected chi connectivity index (χ2v) is 4.75. The van der Waals surface area contributed by atoms with Crippen molar-refractivity contribution in [1.82, 2.24) is 4.98 Å². The molecule has 0 spiro atoms. The van der Waals surface area contributed by atoms with E-state index in [1.54, 1.807) is 18.3 Å². The van der Waals surface area contributed by atoms with Gasteiger partial charge in [-0.25, -0.2) is 4.98 Å². The van der Waals surface area contributed by atoms with Crippen LogP contribution in [-0.4, -0.2) is 16.1 Å². The van der Waals surface area contributed by atoms with Crippen molar-refractivity contribution in [3.63, 3.8) is 0 Å². The van der Waals surface area contributed by atoms with Gasteiger partial charge in [-0.3, -0.25) is 0 Å². The van der Waals surface area contributed by atoms with Crippen molar-refractivity contribution in [2.45, 2.75) is 39.2 Å². The van der Waals surface area contributed by atoms with Crippen molar-refractivity contribution in [3.05, 3.63) is 30.5 Å². The fourth-order valence-electron chi connectivity index (χ4n) is 2.09. The molecule has 0 saturated carbocycles. The SMILES string of the molecule is CCCCC(C)Nc1nccc2ccc(O)cc12. The summed E-state index contributed by atoms with van der Waals surface area (Å²) in [6.45, 7) is 4.36. The van der Waals surface area contributed by atoms with E-state index < -0.39 is 0 Å². The lowest BCUT2D eigenvalue weighted by Gasteiger charge is -2.15. The van der Waals surface area contributed by atoms with Gasteiger partial charge in [0.2, 0.25) is 0 Å². The van der Waals surface area contributed by atoms with Crippen molar-refractivity contribution in [2.75, 3.05) is 5.32 Å². The van der Waals surface area contributed by atoms with Crippen LogP contribution >= 0.6 is 0 Å². The van der Waals surface area contributed by atoms with E-state index in [-0.39, 0.29) is 5.75 Å². The molecule has 1 atom stereocenters. The van der Waals surface area contributed by atoms with E-state index >= 15 is 0 Å². The quantitative estimate of drug-likeness (QED) is 0.837. The van der Waals surface area contributed by atoms with Gasteiger partial charge in [-0.2, -0.15) is 0 Å². The molecule has 2 rings (SSSR count). The number of hydrogen-bond donors (Lipinski definition) is 2. The molecule has 1 heterocycles. The van der Waals surface area contributed by atoms with Crippen molar-refractivity contribution in [3.8, 4) is 5.75 Å². The number of nitrogens with one attached hydrogen (secondary N) is 1. The molecule has 0 aliphatic carbocycles. The van der Waals surface area contributed by atoms with Gasteiger partial charge in [-0.05, 0) is 36.9 Å². The standard InChI is InChI=1S/C15H20N2O/c1-3-4-5-11(2)17-15-14-10-13(18)7-6-12(14)8-9-16-15/h6-11,18H,3-5H2,1-2H3,(H,16,17). The Morgan fingerprint density at radius 2 is 2.17 bits per heavy atom. The van der Waals surface area contributed by atoms with Gasteiger partial charge in [0, 0.05) is 17.6 Å². The van der Waals surface area contributed by atoms with Gasteiger partial charge in [0.1, 0.15) is 11.6 Å². The summed E-state index contributed by atoms with van der Waals surface area (Å²) in [7, 11) is 0. The molecule has 0 amide bonds. The van der Waals surface area contributed by atoms with E-state index in [2.05, 4.69) is 24.1 Å². The van der Waals surface area contributed by atoms with Gasteiger partial charge in [0.05, 0.1) is 0 Å². The third-order valence-electron chi connectivity index (χ3n) is 3.12. The van der Waals surface area contributed by atoms with Crippen LogP contribution in [-0.2, 0) is 0 Å². The minimum Gasteiger partial charge on any atom is -0.508 e. The number of aromatic nitrogens is 1. The van der Waals surface area contributed by atoms with E-state index in [4.69, 9.17) is 0 Å². The number of anilines is 1. The average Bonchev–Trinajstić information content (AvgIpc) is 2.37. The Morgan fingerprint density at radius 3 is 2.94 bits per heavy atom. The van der Waals surface area contributed by atoms with E-state index in [0.717, 1.165) is 23.0 Å². The monoisotopic (exact) mass is 244 g/mol. The molecule has 2 N–H and O–H groups in total. The summed E-state index contributed by atoms with van der Waals surface area (Å²) in [5, 5.41) is 15.1. The third kappa shape index (κ3) is 2.92. The Hall–Kier alpha value is -1.77. The lowest BCUT2D eigenvalue weighted by molar-refractivity contribution is 0.476. The lowest BCUT2D eigenvalue weighted by Crippen LogP contribution is -2.15. The van der Waals surface area contributed by atoms with Crippen molar-refractivity contribution in [2.24, 2.45) is 0 Å². The highest BCUT2D eigenvalue weighted by Crippen LogP contribution is 2.25. The zero-order valence-electron chi connectivity index (χ0n) is 11.0. The van der Waals surface area contributed by atoms with Gasteiger partial charge in [-0.15, -0.1) is 0 Å². The van der Waals surface area contributed by atoms with E-state index in [9.17, 15) is 5.11 Å². The molecular weight excluding hydrogens is 224 g/mol. The summed E-state index contributed by atoms with van der Waals surface area (Å²) in [5.74, 6) is 1.13. The van der Waals surface area contributed by atoms with Gasteiger partial charge in [0.25, 0.3) is 0 Å². The van der Waals surface area contributed by atoms with Crippen LogP contribution in [0.2, 0.25) is 0 Å². The topological polar surface area (TPSA) is 45.2 Å². The summed E-state index contributed by atoms with van der Waals surface area (Å²) in [6, 6.07) is 7.72. The largest absolute Gasteiger partial charge is 0.508 e. The normalized spacial score (nSPS) is 12.6. The summed E-state index contributed by atoms with van der Waals surface area (Å²) < 4.78 is 0. The molecule has 0 bridgehead atoms. The predicted molar refractivity (Wildman–Crippen MR) is 76.0 cm³/mol. The number of benzene rings is 1. The molecule has 3 heteroatoms. The van der Waals surface area contributed by atoms with Crippen LogP contribution in [0.3, 0.4) is 0 Å². The van der Waals surface area contributed by atoms with Crippen LogP contribution in [0, 0.1) is 0 Å². The Labute approximate surface area is 108 Å². The fraction of sp³-hybridized carbons (Fsp3) is 0.400. The highest BCUT2D eigenvalue weighted by atomic mass is 16.3. The predicted octanol–water partition coefficient (Wildman–Crippen LogP) is 3.93. The fourth-order valence-corrected chi connectivity index (χ4v) is 2.09. The zero-order chi connectivity index (χ0) is 13.0. The van der Waals surface area contributed by atoms with Crippen LogP contribution in [0.4, 0.5) is 5.82 Å². The second kappa shape index (κ2) is 5.71. The van der Waals surface area contributed by atoms with Crippen molar-refractivity contribution >= 4 is 16.6 Å². The molecule has 0 fully saturated rings. The number of nitrogens with zero attached hydrogens (tertiary/aromatic N) is 1. The van der Waals surface area contributed by atoms with Crippen LogP contribution < -0.4 is 5.32 Å². The molecule has 3 nitrogen and oxygen atoms in total. The molecule has 0 aliphatic rings. The molecular formula is C15H20N2O. The maximum atomic E-state index is 9.57. The Kier molecular flexibility index (Phi) is 4.03. The molecule has 96 valence electrons. The number of fused-ring (bicyclic) bond motifs is 1. The smallest absolute Gasteiger partial charge is 0.134 e. The number of aromatic hydroxyl groups is 1. The molecule has 0 aliphatic heterocycles. The molecule has 1 unspecified atom stereocenters. The second-order valence-electron chi connectivity index (χ2n) is 4.75. The van der Waals surface area contributed by atoms with E-state index in [1.807, 2.05) is 12.1 Å². The number of unbranched alkanes of at least 4 members (excludes halogenated alkanes) is 1. The van der Waals surface area contributed by atoms with Crippen molar-refractivity contribution in [1.29, 1.82) is 0 Å². The summed E-state index contributed by atoms with van der Waals surface area (Å²) >= 11 is 0. The van der Waals surface area contributed by atoms with Crippen molar-refractivity contribution < 1.29 is 5.11 Å². The van der Waals surface area contributed by atoms with E-state index in [0.29, 0.717) is 6.04 Å². The first-order chi connectivity index (χ1) is 8.70. The molecule has 18 heavy (non-hydrogen) atoms. The highest BCUT2D eigenvalue weighted by molar-refractivity contribution is 5.92. The van der Waals surface area contributed by atoms with Crippen LogP contribution in [0.1, 0.15) is 33.1 Å². The molecule has 0 saturated heterocycles. The number of hydrogen-bond acceptors (Lipinski definition) is 3. The van der Waals surface area contributed by atoms with Crippen LogP contribution in [0.25, 0.3) is 10.8 Å². The van der Waals surface area contributed by atoms with Gasteiger partial charge in [0.15, 0.2) is 0 Å².